The molecular weight excluding hydrogens is 385 g/mol. The molecule has 5 nitrogen and oxygen atoms in total. The van der Waals surface area contributed by atoms with Crippen molar-refractivity contribution in [3.05, 3.63) is 38.3 Å². The summed E-state index contributed by atoms with van der Waals surface area (Å²) in [5, 5.41) is 0. The van der Waals surface area contributed by atoms with E-state index in [0.717, 1.165) is 0 Å². The normalized spacial score (nSPS) is 10.7. The molecule has 0 aliphatic heterocycles. The SMILES string of the molecule is COc1ccc(-c2ncc(I)c(=O)[nH]2)cc1OC(F)F. The quantitative estimate of drug-likeness (QED) is 0.811. The zero-order valence-electron chi connectivity index (χ0n) is 10.2. The summed E-state index contributed by atoms with van der Waals surface area (Å²) < 4.78 is 34.4. The van der Waals surface area contributed by atoms with Crippen LogP contribution in [0.15, 0.2) is 29.2 Å². The van der Waals surface area contributed by atoms with E-state index in [-0.39, 0.29) is 22.9 Å². The highest BCUT2D eigenvalue weighted by Gasteiger charge is 2.13. The third-order valence-electron chi connectivity index (χ3n) is 2.41. The van der Waals surface area contributed by atoms with E-state index in [4.69, 9.17) is 4.74 Å². The highest BCUT2D eigenvalue weighted by molar-refractivity contribution is 14.1. The number of benzene rings is 1. The average Bonchev–Trinajstić information content (AvgIpc) is 2.41. The number of methoxy groups -OCH3 is 1. The maximum absolute atomic E-state index is 12.3. The van der Waals surface area contributed by atoms with Crippen molar-refractivity contribution < 1.29 is 18.3 Å². The van der Waals surface area contributed by atoms with Crippen molar-refractivity contribution in [3.63, 3.8) is 0 Å². The van der Waals surface area contributed by atoms with Crippen molar-refractivity contribution in [2.45, 2.75) is 6.61 Å². The first-order valence-corrected chi connectivity index (χ1v) is 6.47. The van der Waals surface area contributed by atoms with Gasteiger partial charge in [-0.1, -0.05) is 0 Å². The van der Waals surface area contributed by atoms with Gasteiger partial charge in [0.1, 0.15) is 5.82 Å². The van der Waals surface area contributed by atoms with Crippen LogP contribution in [0.5, 0.6) is 11.5 Å². The van der Waals surface area contributed by atoms with Crippen LogP contribution in [0, 0.1) is 3.57 Å². The predicted octanol–water partition coefficient (Wildman–Crippen LogP) is 2.65. The first kappa shape index (κ1) is 14.7. The van der Waals surface area contributed by atoms with E-state index >= 15 is 0 Å². The Bertz CT molecular complexity index is 676. The highest BCUT2D eigenvalue weighted by atomic mass is 127. The second-order valence-corrected chi connectivity index (χ2v) is 4.82. The molecule has 1 aromatic carbocycles. The summed E-state index contributed by atoms with van der Waals surface area (Å²) in [5.74, 6) is 0.306. The molecule has 1 heterocycles. The summed E-state index contributed by atoms with van der Waals surface area (Å²) in [5.41, 5.74) is 0.137. The van der Waals surface area contributed by atoms with Crippen molar-refractivity contribution >= 4 is 22.6 Å². The van der Waals surface area contributed by atoms with Crippen LogP contribution in [-0.4, -0.2) is 23.7 Å². The van der Waals surface area contributed by atoms with E-state index in [1.54, 1.807) is 6.07 Å². The van der Waals surface area contributed by atoms with Gasteiger partial charge >= 0.3 is 6.61 Å². The number of nitrogens with zero attached hydrogens (tertiary/aromatic N) is 1. The Balaban J connectivity index is 2.46. The van der Waals surface area contributed by atoms with Gasteiger partial charge in [0.05, 0.1) is 10.7 Å². The summed E-state index contributed by atoms with van der Waals surface area (Å²) in [6.45, 7) is -2.97. The van der Waals surface area contributed by atoms with Crippen molar-refractivity contribution in [2.75, 3.05) is 7.11 Å². The van der Waals surface area contributed by atoms with Crippen molar-refractivity contribution in [3.8, 4) is 22.9 Å². The molecule has 2 aromatic rings. The van der Waals surface area contributed by atoms with Gasteiger partial charge in [-0.05, 0) is 40.8 Å². The van der Waals surface area contributed by atoms with E-state index in [1.807, 2.05) is 22.6 Å². The minimum atomic E-state index is -2.97. The van der Waals surface area contributed by atoms with Gasteiger partial charge in [0, 0.05) is 11.8 Å². The van der Waals surface area contributed by atoms with Crippen LogP contribution < -0.4 is 15.0 Å². The molecule has 0 unspecified atom stereocenters. The molecule has 0 bridgehead atoms. The number of hydrogen-bond acceptors (Lipinski definition) is 4. The number of halogens is 3. The van der Waals surface area contributed by atoms with Gasteiger partial charge < -0.3 is 14.5 Å². The van der Waals surface area contributed by atoms with Gasteiger partial charge in [-0.2, -0.15) is 8.78 Å². The monoisotopic (exact) mass is 394 g/mol. The van der Waals surface area contributed by atoms with Gasteiger partial charge in [-0.15, -0.1) is 0 Å². The molecule has 0 spiro atoms. The minimum Gasteiger partial charge on any atom is -0.493 e. The molecule has 0 saturated heterocycles. The number of H-pyrrole nitrogens is 1. The van der Waals surface area contributed by atoms with E-state index in [9.17, 15) is 13.6 Å². The second-order valence-electron chi connectivity index (χ2n) is 3.65. The summed E-state index contributed by atoms with van der Waals surface area (Å²) in [7, 11) is 1.35. The summed E-state index contributed by atoms with van der Waals surface area (Å²) in [6, 6.07) is 4.38. The van der Waals surface area contributed by atoms with Crippen LogP contribution in [0.1, 0.15) is 0 Å². The average molecular weight is 394 g/mol. The van der Waals surface area contributed by atoms with Gasteiger partial charge in [0.15, 0.2) is 11.5 Å². The van der Waals surface area contributed by atoms with E-state index in [2.05, 4.69) is 14.7 Å². The van der Waals surface area contributed by atoms with E-state index in [1.165, 1.54) is 25.4 Å². The van der Waals surface area contributed by atoms with Crippen LogP contribution >= 0.6 is 22.6 Å². The molecule has 8 heteroatoms. The standard InChI is InChI=1S/C12H9F2IN2O3/c1-19-8-3-2-6(4-9(8)20-12(13)14)10-16-5-7(15)11(18)17-10/h2-5,12H,1H3,(H,16,17,18). The number of ether oxygens (including phenoxy) is 2. The molecule has 1 aromatic heterocycles. The molecule has 0 aliphatic rings. The van der Waals surface area contributed by atoms with E-state index in [0.29, 0.717) is 9.13 Å². The number of rotatable bonds is 4. The molecule has 0 atom stereocenters. The van der Waals surface area contributed by atoms with Crippen molar-refractivity contribution in [2.24, 2.45) is 0 Å². The largest absolute Gasteiger partial charge is 0.493 e. The lowest BCUT2D eigenvalue weighted by Crippen LogP contribution is -2.11. The third kappa shape index (κ3) is 3.24. The number of aromatic nitrogens is 2. The van der Waals surface area contributed by atoms with Gasteiger partial charge in [0.25, 0.3) is 5.56 Å². The first-order valence-electron chi connectivity index (χ1n) is 5.39. The Morgan fingerprint density at radius 3 is 2.70 bits per heavy atom. The molecule has 20 heavy (non-hydrogen) atoms. The molecule has 0 amide bonds. The first-order chi connectivity index (χ1) is 9.51. The zero-order chi connectivity index (χ0) is 14.7. The number of nitrogens with one attached hydrogen (secondary N) is 1. The van der Waals surface area contributed by atoms with Crippen LogP contribution in [0.25, 0.3) is 11.4 Å². The van der Waals surface area contributed by atoms with Crippen molar-refractivity contribution in [1.29, 1.82) is 0 Å². The Hall–Kier alpha value is -1.71. The minimum absolute atomic E-state index is 0.124. The predicted molar refractivity (Wildman–Crippen MR) is 76.2 cm³/mol. The summed E-state index contributed by atoms with van der Waals surface area (Å²) in [6.07, 6.45) is 1.40. The Morgan fingerprint density at radius 2 is 2.10 bits per heavy atom. The molecule has 2 rings (SSSR count). The van der Waals surface area contributed by atoms with Gasteiger partial charge in [0.2, 0.25) is 0 Å². The van der Waals surface area contributed by atoms with E-state index < -0.39 is 6.61 Å². The summed E-state index contributed by atoms with van der Waals surface area (Å²) >= 11 is 1.84. The van der Waals surface area contributed by atoms with Gasteiger partial charge in [-0.25, -0.2) is 4.98 Å². The molecule has 0 radical (unpaired) electrons. The van der Waals surface area contributed by atoms with Crippen LogP contribution in [0.4, 0.5) is 8.78 Å². The Labute approximate surface area is 126 Å². The maximum atomic E-state index is 12.3. The van der Waals surface area contributed by atoms with Crippen molar-refractivity contribution in [1.82, 2.24) is 9.97 Å². The number of hydrogen-bond donors (Lipinski definition) is 1. The maximum Gasteiger partial charge on any atom is 0.387 e. The molecular formula is C12H9F2IN2O3. The number of aromatic amines is 1. The lowest BCUT2D eigenvalue weighted by Gasteiger charge is -2.11. The molecule has 1 N–H and O–H groups in total. The third-order valence-corrected chi connectivity index (χ3v) is 3.18. The molecule has 0 aliphatic carbocycles. The zero-order valence-corrected chi connectivity index (χ0v) is 12.4. The Kier molecular flexibility index (Phi) is 4.53. The fraction of sp³-hybridized carbons (Fsp3) is 0.167. The topological polar surface area (TPSA) is 64.2 Å². The van der Waals surface area contributed by atoms with Gasteiger partial charge in [-0.3, -0.25) is 4.79 Å². The molecule has 106 valence electrons. The van der Waals surface area contributed by atoms with Crippen LogP contribution in [0.2, 0.25) is 0 Å². The fourth-order valence-electron chi connectivity index (χ4n) is 1.54. The smallest absolute Gasteiger partial charge is 0.387 e. The highest BCUT2D eigenvalue weighted by Crippen LogP contribution is 2.32. The lowest BCUT2D eigenvalue weighted by atomic mass is 10.2. The van der Waals surface area contributed by atoms with Crippen LogP contribution in [-0.2, 0) is 0 Å². The number of alkyl halides is 2. The fourth-order valence-corrected chi connectivity index (χ4v) is 1.81. The molecule has 0 saturated carbocycles. The lowest BCUT2D eigenvalue weighted by molar-refractivity contribution is -0.0511. The second kappa shape index (κ2) is 6.16. The molecule has 0 fully saturated rings. The summed E-state index contributed by atoms with van der Waals surface area (Å²) in [4.78, 5) is 18.1. The Morgan fingerprint density at radius 1 is 1.35 bits per heavy atom. The van der Waals surface area contributed by atoms with Crippen LogP contribution in [0.3, 0.4) is 0 Å².